The summed E-state index contributed by atoms with van der Waals surface area (Å²) in [7, 11) is -2.51. The maximum atomic E-state index is 11.9. The summed E-state index contributed by atoms with van der Waals surface area (Å²) >= 11 is 5.93. The highest BCUT2D eigenvalue weighted by Crippen LogP contribution is 2.24. The summed E-state index contributed by atoms with van der Waals surface area (Å²) in [5.74, 6) is -1.06. The minimum absolute atomic E-state index is 0.117. The van der Waals surface area contributed by atoms with E-state index in [0.717, 1.165) is 9.87 Å². The molecule has 106 valence electrons. The van der Waals surface area contributed by atoms with Gasteiger partial charge in [0, 0.05) is 13.6 Å². The van der Waals surface area contributed by atoms with E-state index in [2.05, 4.69) is 4.72 Å². The van der Waals surface area contributed by atoms with Gasteiger partial charge in [-0.05, 0) is 24.6 Å². The molecule has 6 nitrogen and oxygen atoms in total. The summed E-state index contributed by atoms with van der Waals surface area (Å²) < 4.78 is 27.1. The fourth-order valence-corrected chi connectivity index (χ4v) is 2.57. The molecule has 0 atom stereocenters. The Kier molecular flexibility index (Phi) is 5.16. The van der Waals surface area contributed by atoms with Crippen LogP contribution >= 0.6 is 11.6 Å². The average molecular weight is 307 g/mol. The number of carboxylic acids is 1. The van der Waals surface area contributed by atoms with Crippen LogP contribution in [-0.4, -0.2) is 37.4 Å². The molecular formula is C11H15ClN2O4S. The summed E-state index contributed by atoms with van der Waals surface area (Å²) in [6, 6.07) is 4.91. The predicted molar refractivity (Wildman–Crippen MR) is 73.6 cm³/mol. The molecule has 1 aromatic rings. The molecule has 0 fully saturated rings. The third-order valence-electron chi connectivity index (χ3n) is 2.41. The molecule has 1 rings (SSSR count). The van der Waals surface area contributed by atoms with Crippen LogP contribution in [0.2, 0.25) is 5.02 Å². The van der Waals surface area contributed by atoms with E-state index in [4.69, 9.17) is 16.7 Å². The summed E-state index contributed by atoms with van der Waals surface area (Å²) in [5.41, 5.74) is 1.17. The number of carbonyl (C=O) groups is 1. The lowest BCUT2D eigenvalue weighted by molar-refractivity contribution is -0.137. The lowest BCUT2D eigenvalue weighted by Crippen LogP contribution is -2.34. The largest absolute Gasteiger partial charge is 0.481 e. The van der Waals surface area contributed by atoms with Gasteiger partial charge < -0.3 is 5.11 Å². The Morgan fingerprint density at radius 2 is 2.11 bits per heavy atom. The molecule has 0 aliphatic carbocycles. The van der Waals surface area contributed by atoms with Gasteiger partial charge in [-0.3, -0.25) is 9.52 Å². The number of aryl methyl sites for hydroxylation is 1. The first-order chi connectivity index (χ1) is 8.72. The summed E-state index contributed by atoms with van der Waals surface area (Å²) in [6.45, 7) is 1.72. The molecular weight excluding hydrogens is 292 g/mol. The molecule has 19 heavy (non-hydrogen) atoms. The van der Waals surface area contributed by atoms with Gasteiger partial charge in [-0.15, -0.1) is 0 Å². The standard InChI is InChI=1S/C11H15ClN2O4S/c1-8-3-4-10(9(12)7-8)13-19(17,18)14(2)6-5-11(15)16/h3-4,7,13H,5-6H2,1-2H3,(H,15,16). The highest BCUT2D eigenvalue weighted by Gasteiger charge is 2.19. The molecule has 0 heterocycles. The quantitative estimate of drug-likeness (QED) is 0.837. The number of hydrogen-bond donors (Lipinski definition) is 2. The predicted octanol–water partition coefficient (Wildman–Crippen LogP) is 1.71. The van der Waals surface area contributed by atoms with E-state index in [9.17, 15) is 13.2 Å². The normalized spacial score (nSPS) is 11.6. The molecule has 0 aliphatic heterocycles. The fourth-order valence-electron chi connectivity index (χ4n) is 1.29. The van der Waals surface area contributed by atoms with Gasteiger partial charge in [0.2, 0.25) is 0 Å². The highest BCUT2D eigenvalue weighted by molar-refractivity contribution is 7.90. The van der Waals surface area contributed by atoms with Crippen LogP contribution in [0.25, 0.3) is 0 Å². The smallest absolute Gasteiger partial charge is 0.304 e. The average Bonchev–Trinajstić information content (AvgIpc) is 2.29. The molecule has 0 aliphatic rings. The molecule has 0 bridgehead atoms. The van der Waals surface area contributed by atoms with Gasteiger partial charge in [-0.2, -0.15) is 12.7 Å². The van der Waals surface area contributed by atoms with Crippen LogP contribution in [0.1, 0.15) is 12.0 Å². The van der Waals surface area contributed by atoms with E-state index in [1.807, 2.05) is 6.92 Å². The van der Waals surface area contributed by atoms with Crippen molar-refractivity contribution in [2.24, 2.45) is 0 Å². The Morgan fingerprint density at radius 3 is 2.63 bits per heavy atom. The van der Waals surface area contributed by atoms with Crippen molar-refractivity contribution >= 4 is 33.5 Å². The van der Waals surface area contributed by atoms with Gasteiger partial charge in [0.15, 0.2) is 0 Å². The number of rotatable bonds is 6. The number of hydrogen-bond acceptors (Lipinski definition) is 3. The third kappa shape index (κ3) is 4.70. The first-order valence-corrected chi connectivity index (χ1v) is 7.26. The lowest BCUT2D eigenvalue weighted by atomic mass is 10.2. The SMILES string of the molecule is Cc1ccc(NS(=O)(=O)N(C)CCC(=O)O)c(Cl)c1. The van der Waals surface area contributed by atoms with Crippen molar-refractivity contribution in [1.29, 1.82) is 0 Å². The summed E-state index contributed by atoms with van der Waals surface area (Å²) in [5, 5.41) is 8.82. The van der Waals surface area contributed by atoms with Crippen LogP contribution in [0.15, 0.2) is 18.2 Å². The van der Waals surface area contributed by atoms with Crippen LogP contribution in [0.4, 0.5) is 5.69 Å². The second kappa shape index (κ2) is 6.23. The first-order valence-electron chi connectivity index (χ1n) is 5.44. The third-order valence-corrected chi connectivity index (χ3v) is 4.21. The van der Waals surface area contributed by atoms with Gasteiger partial charge >= 0.3 is 16.2 Å². The van der Waals surface area contributed by atoms with Crippen molar-refractivity contribution in [3.63, 3.8) is 0 Å². The van der Waals surface area contributed by atoms with Gasteiger partial charge in [0.1, 0.15) is 0 Å². The van der Waals surface area contributed by atoms with Crippen LogP contribution < -0.4 is 4.72 Å². The molecule has 8 heteroatoms. The summed E-state index contributed by atoms with van der Waals surface area (Å²) in [4.78, 5) is 10.4. The first kappa shape index (κ1) is 15.7. The lowest BCUT2D eigenvalue weighted by Gasteiger charge is -2.18. The minimum atomic E-state index is -3.81. The van der Waals surface area contributed by atoms with Crippen LogP contribution in [-0.2, 0) is 15.0 Å². The minimum Gasteiger partial charge on any atom is -0.481 e. The second-order valence-electron chi connectivity index (χ2n) is 4.06. The Morgan fingerprint density at radius 1 is 1.47 bits per heavy atom. The zero-order valence-corrected chi connectivity index (χ0v) is 12.1. The van der Waals surface area contributed by atoms with Crippen LogP contribution in [0, 0.1) is 6.92 Å². The Bertz CT molecular complexity index is 574. The van der Waals surface area contributed by atoms with E-state index < -0.39 is 16.2 Å². The number of anilines is 1. The number of aliphatic carboxylic acids is 1. The Hall–Kier alpha value is -1.31. The van der Waals surface area contributed by atoms with Gasteiger partial charge in [0.05, 0.1) is 17.1 Å². The van der Waals surface area contributed by atoms with Crippen molar-refractivity contribution in [3.05, 3.63) is 28.8 Å². The van der Waals surface area contributed by atoms with Crippen molar-refractivity contribution in [2.75, 3.05) is 18.3 Å². The molecule has 1 aromatic carbocycles. The topological polar surface area (TPSA) is 86.7 Å². The van der Waals surface area contributed by atoms with Crippen LogP contribution in [0.5, 0.6) is 0 Å². The van der Waals surface area contributed by atoms with E-state index in [1.54, 1.807) is 18.2 Å². The van der Waals surface area contributed by atoms with Crippen molar-refractivity contribution in [1.82, 2.24) is 4.31 Å². The maximum Gasteiger partial charge on any atom is 0.304 e. The number of nitrogens with one attached hydrogen (secondary N) is 1. The number of carboxylic acid groups (broad SMARTS) is 1. The van der Waals surface area contributed by atoms with E-state index in [0.29, 0.717) is 0 Å². The van der Waals surface area contributed by atoms with E-state index in [1.165, 1.54) is 7.05 Å². The number of benzene rings is 1. The molecule has 0 unspecified atom stereocenters. The van der Waals surface area contributed by atoms with Crippen molar-refractivity contribution in [3.8, 4) is 0 Å². The van der Waals surface area contributed by atoms with Crippen LogP contribution in [0.3, 0.4) is 0 Å². The second-order valence-corrected chi connectivity index (χ2v) is 6.24. The molecule has 0 saturated heterocycles. The van der Waals surface area contributed by atoms with Gasteiger partial charge in [-0.1, -0.05) is 17.7 Å². The molecule has 0 radical (unpaired) electrons. The van der Waals surface area contributed by atoms with Crippen molar-refractivity contribution < 1.29 is 18.3 Å². The number of nitrogens with zero attached hydrogens (tertiary/aromatic N) is 1. The molecule has 0 amide bonds. The Labute approximate surface area is 117 Å². The number of halogens is 1. The Balaban J connectivity index is 2.81. The molecule has 2 N–H and O–H groups in total. The van der Waals surface area contributed by atoms with Crippen molar-refractivity contribution in [2.45, 2.75) is 13.3 Å². The zero-order valence-electron chi connectivity index (χ0n) is 10.6. The zero-order chi connectivity index (χ0) is 14.6. The van der Waals surface area contributed by atoms with E-state index in [-0.39, 0.29) is 23.7 Å². The molecule has 0 spiro atoms. The fraction of sp³-hybridized carbons (Fsp3) is 0.364. The van der Waals surface area contributed by atoms with Gasteiger partial charge in [-0.25, -0.2) is 0 Å². The van der Waals surface area contributed by atoms with Gasteiger partial charge in [0.25, 0.3) is 0 Å². The van der Waals surface area contributed by atoms with E-state index >= 15 is 0 Å². The summed E-state index contributed by atoms with van der Waals surface area (Å²) in [6.07, 6.45) is -0.265. The molecule has 0 saturated carbocycles. The highest BCUT2D eigenvalue weighted by atomic mass is 35.5. The maximum absolute atomic E-state index is 11.9. The molecule has 0 aromatic heterocycles. The monoisotopic (exact) mass is 306 g/mol.